The smallest absolute Gasteiger partial charge is 0.341 e. The van der Waals surface area contributed by atoms with Crippen molar-refractivity contribution in [2.75, 3.05) is 44.7 Å². The normalized spacial score (nSPS) is 15.2. The van der Waals surface area contributed by atoms with E-state index in [1.54, 1.807) is 6.92 Å². The standard InChI is InChI=1S/C18H21F2N3O4/c1-2-23-10-12(18(25)26)17(24)11-9-13(19)15(14(20)16(11)23)21-3-4-22-5-7-27-8-6-22/h9-10,21H,2-8H2,1H3,(H,25,26). The molecule has 0 radical (unpaired) electrons. The van der Waals surface area contributed by atoms with Crippen LogP contribution in [-0.2, 0) is 11.3 Å². The molecule has 0 atom stereocenters. The number of morpholine rings is 1. The fourth-order valence-corrected chi connectivity index (χ4v) is 3.21. The van der Waals surface area contributed by atoms with Crippen LogP contribution in [0.25, 0.3) is 10.9 Å². The van der Waals surface area contributed by atoms with Gasteiger partial charge < -0.3 is 19.7 Å². The molecule has 0 saturated carbocycles. The van der Waals surface area contributed by atoms with Gasteiger partial charge in [0.1, 0.15) is 17.1 Å². The molecule has 1 aliphatic rings. The lowest BCUT2D eigenvalue weighted by atomic mass is 10.1. The minimum absolute atomic E-state index is 0.109. The van der Waals surface area contributed by atoms with Gasteiger partial charge in [0.2, 0.25) is 5.43 Å². The third-order valence-electron chi connectivity index (χ3n) is 4.66. The van der Waals surface area contributed by atoms with Crippen molar-refractivity contribution in [3.63, 3.8) is 0 Å². The van der Waals surface area contributed by atoms with Crippen molar-refractivity contribution >= 4 is 22.6 Å². The Morgan fingerprint density at radius 3 is 2.67 bits per heavy atom. The molecule has 3 rings (SSSR count). The van der Waals surface area contributed by atoms with Gasteiger partial charge in [-0.1, -0.05) is 0 Å². The Labute approximate surface area is 154 Å². The summed E-state index contributed by atoms with van der Waals surface area (Å²) in [4.78, 5) is 25.7. The fraction of sp³-hybridized carbons (Fsp3) is 0.444. The van der Waals surface area contributed by atoms with Crippen molar-refractivity contribution in [3.05, 3.63) is 39.7 Å². The number of aryl methyl sites for hydroxylation is 1. The van der Waals surface area contributed by atoms with Crippen LogP contribution in [0.3, 0.4) is 0 Å². The van der Waals surface area contributed by atoms with Gasteiger partial charge in [-0.2, -0.15) is 0 Å². The van der Waals surface area contributed by atoms with Crippen molar-refractivity contribution in [1.29, 1.82) is 0 Å². The Morgan fingerprint density at radius 2 is 2.04 bits per heavy atom. The van der Waals surface area contributed by atoms with Crippen molar-refractivity contribution < 1.29 is 23.4 Å². The number of carboxylic acids is 1. The van der Waals surface area contributed by atoms with E-state index < -0.39 is 28.6 Å². The number of hydrogen-bond donors (Lipinski definition) is 2. The Morgan fingerprint density at radius 1 is 1.33 bits per heavy atom. The summed E-state index contributed by atoms with van der Waals surface area (Å²) in [5.41, 5.74) is -1.85. The first kappa shape index (κ1) is 19.2. The summed E-state index contributed by atoms with van der Waals surface area (Å²) in [6.07, 6.45) is 1.09. The highest BCUT2D eigenvalue weighted by Gasteiger charge is 2.21. The van der Waals surface area contributed by atoms with Gasteiger partial charge in [-0.05, 0) is 13.0 Å². The van der Waals surface area contributed by atoms with Crippen LogP contribution in [0.4, 0.5) is 14.5 Å². The van der Waals surface area contributed by atoms with Crippen molar-refractivity contribution in [2.45, 2.75) is 13.5 Å². The van der Waals surface area contributed by atoms with Crippen LogP contribution >= 0.6 is 0 Å². The van der Waals surface area contributed by atoms with Crippen LogP contribution in [0.1, 0.15) is 17.3 Å². The number of carbonyl (C=O) groups is 1. The molecule has 27 heavy (non-hydrogen) atoms. The molecular formula is C18H21F2N3O4. The molecular weight excluding hydrogens is 360 g/mol. The van der Waals surface area contributed by atoms with Crippen LogP contribution in [0.15, 0.2) is 17.1 Å². The highest BCUT2D eigenvalue weighted by Crippen LogP contribution is 2.27. The number of ether oxygens (including phenoxy) is 1. The summed E-state index contributed by atoms with van der Waals surface area (Å²) in [5.74, 6) is -3.26. The van der Waals surface area contributed by atoms with E-state index in [1.807, 2.05) is 0 Å². The van der Waals surface area contributed by atoms with Gasteiger partial charge in [-0.25, -0.2) is 13.6 Å². The lowest BCUT2D eigenvalue weighted by Gasteiger charge is -2.26. The second-order valence-electron chi connectivity index (χ2n) is 6.29. The topological polar surface area (TPSA) is 83.8 Å². The van der Waals surface area contributed by atoms with E-state index in [0.29, 0.717) is 26.3 Å². The number of halogens is 2. The number of aromatic carboxylic acids is 1. The number of carboxylic acid groups (broad SMARTS) is 1. The van der Waals surface area contributed by atoms with Crippen LogP contribution < -0.4 is 10.7 Å². The first-order valence-electron chi connectivity index (χ1n) is 8.76. The summed E-state index contributed by atoms with van der Waals surface area (Å²) < 4.78 is 36.0. The zero-order valence-corrected chi connectivity index (χ0v) is 14.9. The van der Waals surface area contributed by atoms with Crippen LogP contribution in [0, 0.1) is 11.6 Å². The van der Waals surface area contributed by atoms with Gasteiger partial charge in [0.15, 0.2) is 5.82 Å². The SMILES string of the molecule is CCn1cc(C(=O)O)c(=O)c2cc(F)c(NCCN3CCOCC3)c(F)c21. The van der Waals surface area contributed by atoms with Crippen molar-refractivity contribution in [3.8, 4) is 0 Å². The van der Waals surface area contributed by atoms with E-state index in [-0.39, 0.29) is 23.1 Å². The molecule has 2 heterocycles. The minimum Gasteiger partial charge on any atom is -0.477 e. The Balaban J connectivity index is 1.96. The lowest BCUT2D eigenvalue weighted by molar-refractivity contribution is 0.0398. The number of fused-ring (bicyclic) bond motifs is 1. The van der Waals surface area contributed by atoms with Crippen LogP contribution in [0.5, 0.6) is 0 Å². The largest absolute Gasteiger partial charge is 0.477 e. The van der Waals surface area contributed by atoms with Gasteiger partial charge in [-0.3, -0.25) is 9.69 Å². The molecule has 2 N–H and O–H groups in total. The second-order valence-corrected chi connectivity index (χ2v) is 6.29. The quantitative estimate of drug-likeness (QED) is 0.793. The molecule has 7 nitrogen and oxygen atoms in total. The predicted octanol–water partition coefficient (Wildman–Crippen LogP) is 1.74. The lowest BCUT2D eigenvalue weighted by Crippen LogP contribution is -2.39. The molecule has 0 amide bonds. The first-order chi connectivity index (χ1) is 12.9. The van der Waals surface area contributed by atoms with Gasteiger partial charge >= 0.3 is 5.97 Å². The molecule has 1 aliphatic heterocycles. The summed E-state index contributed by atoms with van der Waals surface area (Å²) in [6.45, 7) is 5.62. The zero-order valence-electron chi connectivity index (χ0n) is 14.9. The third-order valence-corrected chi connectivity index (χ3v) is 4.66. The fourth-order valence-electron chi connectivity index (χ4n) is 3.21. The maximum absolute atomic E-state index is 15.0. The molecule has 0 aliphatic carbocycles. The highest BCUT2D eigenvalue weighted by molar-refractivity contribution is 5.93. The maximum Gasteiger partial charge on any atom is 0.341 e. The number of anilines is 1. The van der Waals surface area contributed by atoms with Crippen LogP contribution in [-0.4, -0.2) is 59.9 Å². The molecule has 0 unspecified atom stereocenters. The van der Waals surface area contributed by atoms with E-state index in [4.69, 9.17) is 9.84 Å². The van der Waals surface area contributed by atoms with Crippen molar-refractivity contribution in [2.24, 2.45) is 0 Å². The average molecular weight is 381 g/mol. The van der Waals surface area contributed by atoms with Gasteiger partial charge in [0.05, 0.1) is 24.1 Å². The monoisotopic (exact) mass is 381 g/mol. The molecule has 0 bridgehead atoms. The Kier molecular flexibility index (Phi) is 5.71. The molecule has 1 saturated heterocycles. The number of benzene rings is 1. The van der Waals surface area contributed by atoms with E-state index in [0.717, 1.165) is 25.4 Å². The summed E-state index contributed by atoms with van der Waals surface area (Å²) in [6, 6.07) is 0.899. The molecule has 1 fully saturated rings. The summed E-state index contributed by atoms with van der Waals surface area (Å²) in [5, 5.41) is 11.6. The first-order valence-corrected chi connectivity index (χ1v) is 8.76. The van der Waals surface area contributed by atoms with Crippen molar-refractivity contribution in [1.82, 2.24) is 9.47 Å². The van der Waals surface area contributed by atoms with E-state index in [2.05, 4.69) is 10.2 Å². The van der Waals surface area contributed by atoms with Crippen LogP contribution in [0.2, 0.25) is 0 Å². The molecule has 0 spiro atoms. The second kappa shape index (κ2) is 8.01. The summed E-state index contributed by atoms with van der Waals surface area (Å²) in [7, 11) is 0. The number of pyridine rings is 1. The molecule has 1 aromatic heterocycles. The summed E-state index contributed by atoms with van der Waals surface area (Å²) >= 11 is 0. The number of aromatic nitrogens is 1. The number of rotatable bonds is 6. The molecule has 9 heteroatoms. The third kappa shape index (κ3) is 3.79. The Hall–Kier alpha value is -2.52. The van der Waals surface area contributed by atoms with E-state index in [9.17, 15) is 14.0 Å². The van der Waals surface area contributed by atoms with E-state index in [1.165, 1.54) is 4.57 Å². The predicted molar refractivity (Wildman–Crippen MR) is 96.5 cm³/mol. The van der Waals surface area contributed by atoms with Gasteiger partial charge in [0.25, 0.3) is 0 Å². The Bertz CT molecular complexity index is 923. The highest BCUT2D eigenvalue weighted by atomic mass is 19.1. The maximum atomic E-state index is 15.0. The van der Waals surface area contributed by atoms with E-state index >= 15 is 4.39 Å². The molecule has 1 aromatic carbocycles. The van der Waals surface area contributed by atoms with Gasteiger partial charge in [0, 0.05) is 38.9 Å². The molecule has 2 aromatic rings. The number of hydrogen-bond acceptors (Lipinski definition) is 5. The minimum atomic E-state index is -1.43. The number of nitrogens with one attached hydrogen (secondary N) is 1. The van der Waals surface area contributed by atoms with Gasteiger partial charge in [-0.15, -0.1) is 0 Å². The zero-order chi connectivity index (χ0) is 19.6. The number of nitrogens with zero attached hydrogens (tertiary/aromatic N) is 2. The molecule has 146 valence electrons. The average Bonchev–Trinajstić information content (AvgIpc) is 2.65.